The zero-order valence-corrected chi connectivity index (χ0v) is 16.5. The Balaban J connectivity index is 1.96. The van der Waals surface area contributed by atoms with Crippen molar-refractivity contribution in [1.82, 2.24) is 9.88 Å². The molecule has 0 bridgehead atoms. The van der Waals surface area contributed by atoms with Crippen LogP contribution >= 0.6 is 0 Å². The fourth-order valence-corrected chi connectivity index (χ4v) is 3.48. The molecule has 0 saturated carbocycles. The van der Waals surface area contributed by atoms with Crippen LogP contribution in [0.15, 0.2) is 35.5 Å². The zero-order valence-electron chi connectivity index (χ0n) is 16.5. The van der Waals surface area contributed by atoms with Crippen LogP contribution in [0.25, 0.3) is 11.1 Å². The van der Waals surface area contributed by atoms with Crippen LogP contribution in [0.1, 0.15) is 28.0 Å². The molecule has 2 heterocycles. The van der Waals surface area contributed by atoms with Gasteiger partial charge in [-0.1, -0.05) is 17.3 Å². The Hall–Kier alpha value is -3.44. The Morgan fingerprint density at radius 2 is 2.14 bits per heavy atom. The highest BCUT2D eigenvalue weighted by Crippen LogP contribution is 2.32. The molecule has 29 heavy (non-hydrogen) atoms. The van der Waals surface area contributed by atoms with E-state index in [0.29, 0.717) is 29.1 Å². The molecule has 1 atom stereocenters. The minimum atomic E-state index is -0.376. The van der Waals surface area contributed by atoms with Crippen LogP contribution in [0.5, 0.6) is 5.88 Å². The Kier molecular flexibility index (Phi) is 6.10. The molecule has 1 saturated heterocycles. The molecule has 3 rings (SSSR count). The van der Waals surface area contributed by atoms with Crippen molar-refractivity contribution in [3.8, 4) is 23.1 Å². The highest BCUT2D eigenvalue weighted by molar-refractivity contribution is 5.99. The zero-order chi connectivity index (χ0) is 21.0. The molecule has 150 valence electrons. The van der Waals surface area contributed by atoms with E-state index < -0.39 is 0 Å². The monoisotopic (exact) mass is 394 g/mol. The summed E-state index contributed by atoms with van der Waals surface area (Å²) in [5.74, 6) is -0.0303. The normalized spacial score (nSPS) is 17.3. The second-order valence-corrected chi connectivity index (χ2v) is 6.66. The maximum absolute atomic E-state index is 13.0. The summed E-state index contributed by atoms with van der Waals surface area (Å²) in [6, 6.07) is 10.6. The molecule has 1 fully saturated rings. The van der Waals surface area contributed by atoms with Gasteiger partial charge in [0.25, 0.3) is 5.91 Å². The second kappa shape index (κ2) is 8.71. The first-order valence-corrected chi connectivity index (χ1v) is 9.09. The van der Waals surface area contributed by atoms with Gasteiger partial charge < -0.3 is 19.6 Å². The van der Waals surface area contributed by atoms with Crippen LogP contribution in [0.4, 0.5) is 0 Å². The van der Waals surface area contributed by atoms with Crippen LogP contribution in [-0.2, 0) is 4.84 Å². The Bertz CT molecular complexity index is 997. The van der Waals surface area contributed by atoms with E-state index in [1.807, 2.05) is 13.0 Å². The number of hydrogen-bond acceptors (Lipinski definition) is 7. The standard InChI is InChI=1S/C21H22N4O4/c1-13-14(10-22)5-4-6-17(13)18-7-8-19(23-20(18)28-2)21(27)25-11-15(24-29-3)9-16(25)12-26/h4-8,16,26H,9,11-12H2,1-3H3/b24-15+/t16-/m0/s1. The number of carbonyl (C=O) groups excluding carboxylic acids is 1. The van der Waals surface area contributed by atoms with Gasteiger partial charge in [0.05, 0.1) is 43.6 Å². The van der Waals surface area contributed by atoms with Crippen molar-refractivity contribution in [3.63, 3.8) is 0 Å². The lowest BCUT2D eigenvalue weighted by Crippen LogP contribution is -2.38. The lowest BCUT2D eigenvalue weighted by atomic mass is 9.97. The molecule has 0 unspecified atom stereocenters. The number of hydrogen-bond donors (Lipinski definition) is 1. The number of oxime groups is 1. The number of methoxy groups -OCH3 is 1. The molecule has 2 aromatic rings. The Morgan fingerprint density at radius 1 is 1.34 bits per heavy atom. The molecule has 8 heteroatoms. The van der Waals surface area contributed by atoms with Crippen molar-refractivity contribution in [2.24, 2.45) is 5.16 Å². The highest BCUT2D eigenvalue weighted by atomic mass is 16.6. The number of likely N-dealkylation sites (tertiary alicyclic amines) is 1. The van der Waals surface area contributed by atoms with E-state index >= 15 is 0 Å². The molecule has 1 aromatic heterocycles. The molecule has 8 nitrogen and oxygen atoms in total. The molecular weight excluding hydrogens is 372 g/mol. The van der Waals surface area contributed by atoms with Gasteiger partial charge in [0.2, 0.25) is 5.88 Å². The number of amides is 1. The second-order valence-electron chi connectivity index (χ2n) is 6.66. The van der Waals surface area contributed by atoms with E-state index in [1.54, 1.807) is 24.3 Å². The number of carbonyl (C=O) groups is 1. The van der Waals surface area contributed by atoms with Gasteiger partial charge in [-0.2, -0.15) is 5.26 Å². The minimum absolute atomic E-state index is 0.177. The third-order valence-corrected chi connectivity index (χ3v) is 4.97. The molecule has 1 aliphatic heterocycles. The first-order chi connectivity index (χ1) is 14.0. The minimum Gasteiger partial charge on any atom is -0.481 e. The van der Waals surface area contributed by atoms with Crippen LogP contribution in [0, 0.1) is 18.3 Å². The highest BCUT2D eigenvalue weighted by Gasteiger charge is 2.34. The smallest absolute Gasteiger partial charge is 0.273 e. The van der Waals surface area contributed by atoms with Crippen molar-refractivity contribution in [1.29, 1.82) is 5.26 Å². The van der Waals surface area contributed by atoms with E-state index in [2.05, 4.69) is 16.2 Å². The van der Waals surface area contributed by atoms with Gasteiger partial charge in [-0.25, -0.2) is 4.98 Å². The number of aliphatic hydroxyl groups is 1. The third kappa shape index (κ3) is 3.91. The molecule has 1 aromatic carbocycles. The topological polar surface area (TPSA) is 108 Å². The van der Waals surface area contributed by atoms with E-state index in [1.165, 1.54) is 19.1 Å². The summed E-state index contributed by atoms with van der Waals surface area (Å²) in [5, 5.41) is 22.8. The van der Waals surface area contributed by atoms with Gasteiger partial charge in [-0.15, -0.1) is 0 Å². The molecule has 1 aliphatic rings. The predicted molar refractivity (Wildman–Crippen MR) is 107 cm³/mol. The van der Waals surface area contributed by atoms with Crippen LogP contribution in [-0.4, -0.2) is 60.0 Å². The number of nitriles is 1. The molecule has 1 amide bonds. The van der Waals surface area contributed by atoms with Gasteiger partial charge in [0.15, 0.2) is 0 Å². The number of nitrogens with zero attached hydrogens (tertiary/aromatic N) is 4. The molecule has 0 spiro atoms. The SMILES string of the molecule is CO/N=C1\C[C@@H](CO)N(C(=O)c2ccc(-c3cccc(C#N)c3C)c(OC)n2)C1. The Labute approximate surface area is 169 Å². The van der Waals surface area contributed by atoms with Gasteiger partial charge >= 0.3 is 0 Å². The van der Waals surface area contributed by atoms with Crippen molar-refractivity contribution in [2.45, 2.75) is 19.4 Å². The third-order valence-electron chi connectivity index (χ3n) is 4.97. The van der Waals surface area contributed by atoms with Gasteiger partial charge in [-0.3, -0.25) is 4.79 Å². The largest absolute Gasteiger partial charge is 0.481 e. The average Bonchev–Trinajstić information content (AvgIpc) is 3.16. The number of aromatic nitrogens is 1. The molecule has 1 N–H and O–H groups in total. The fourth-order valence-electron chi connectivity index (χ4n) is 3.48. The summed E-state index contributed by atoms with van der Waals surface area (Å²) in [4.78, 5) is 23.7. The first kappa shape index (κ1) is 20.3. The maximum Gasteiger partial charge on any atom is 0.273 e. The van der Waals surface area contributed by atoms with Crippen molar-refractivity contribution in [3.05, 3.63) is 47.2 Å². The van der Waals surface area contributed by atoms with Crippen LogP contribution in [0.2, 0.25) is 0 Å². The summed E-state index contributed by atoms with van der Waals surface area (Å²) in [6.45, 7) is 1.95. The summed E-state index contributed by atoms with van der Waals surface area (Å²) >= 11 is 0. The average molecular weight is 394 g/mol. The maximum atomic E-state index is 13.0. The lowest BCUT2D eigenvalue weighted by molar-refractivity contribution is 0.0673. The van der Waals surface area contributed by atoms with E-state index in [-0.39, 0.29) is 30.8 Å². The van der Waals surface area contributed by atoms with E-state index in [9.17, 15) is 15.2 Å². The van der Waals surface area contributed by atoms with Gasteiger partial charge in [0.1, 0.15) is 12.8 Å². The number of aliphatic hydroxyl groups excluding tert-OH is 1. The van der Waals surface area contributed by atoms with Crippen LogP contribution < -0.4 is 4.74 Å². The quantitative estimate of drug-likeness (QED) is 0.779. The van der Waals surface area contributed by atoms with E-state index in [4.69, 9.17) is 9.57 Å². The number of benzene rings is 1. The molecule has 0 radical (unpaired) electrons. The molecular formula is C21H22N4O4. The summed E-state index contributed by atoms with van der Waals surface area (Å²) < 4.78 is 5.44. The number of pyridine rings is 1. The molecule has 0 aliphatic carbocycles. The fraction of sp³-hybridized carbons (Fsp3) is 0.333. The number of rotatable bonds is 5. The summed E-state index contributed by atoms with van der Waals surface area (Å²) in [6.07, 6.45) is 0.450. The Morgan fingerprint density at radius 3 is 2.79 bits per heavy atom. The van der Waals surface area contributed by atoms with Crippen molar-refractivity contribution < 1.29 is 19.5 Å². The van der Waals surface area contributed by atoms with Gasteiger partial charge in [0, 0.05) is 12.0 Å². The predicted octanol–water partition coefficient (Wildman–Crippen LogP) is 2.15. The van der Waals surface area contributed by atoms with Crippen LogP contribution in [0.3, 0.4) is 0 Å². The lowest BCUT2D eigenvalue weighted by Gasteiger charge is -2.22. The summed E-state index contributed by atoms with van der Waals surface area (Å²) in [7, 11) is 2.93. The van der Waals surface area contributed by atoms with Gasteiger partial charge in [-0.05, 0) is 36.2 Å². The first-order valence-electron chi connectivity index (χ1n) is 9.09. The van der Waals surface area contributed by atoms with Crippen molar-refractivity contribution in [2.75, 3.05) is 27.4 Å². The van der Waals surface area contributed by atoms with Crippen molar-refractivity contribution >= 4 is 11.6 Å². The number of ether oxygens (including phenoxy) is 1. The van der Waals surface area contributed by atoms with E-state index in [0.717, 1.165) is 11.1 Å². The summed E-state index contributed by atoms with van der Waals surface area (Å²) in [5.41, 5.74) is 3.79.